The number of halogens is 1. The van der Waals surface area contributed by atoms with Gasteiger partial charge in [-0.3, -0.25) is 9.78 Å². The maximum absolute atomic E-state index is 14.2. The van der Waals surface area contributed by atoms with Crippen molar-refractivity contribution in [3.63, 3.8) is 0 Å². The molecule has 6 nitrogen and oxygen atoms in total. The number of aliphatic carboxylic acids is 1. The average Bonchev–Trinajstić information content (AvgIpc) is 3.28. The van der Waals surface area contributed by atoms with Gasteiger partial charge in [-0.25, -0.2) is 9.18 Å². The van der Waals surface area contributed by atoms with Crippen LogP contribution in [0.1, 0.15) is 22.3 Å². The van der Waals surface area contributed by atoms with Crippen LogP contribution in [0.5, 0.6) is 5.75 Å². The molecule has 1 saturated heterocycles. The van der Waals surface area contributed by atoms with Crippen molar-refractivity contribution in [3.05, 3.63) is 47.8 Å². The fraction of sp³-hybridized carbons (Fsp3) is 0.316. The van der Waals surface area contributed by atoms with E-state index in [2.05, 4.69) is 4.98 Å². The molecule has 1 N–H and O–H groups in total. The Balaban J connectivity index is 1.58. The summed E-state index contributed by atoms with van der Waals surface area (Å²) in [4.78, 5) is 29.0. The van der Waals surface area contributed by atoms with Crippen molar-refractivity contribution in [2.75, 3.05) is 19.7 Å². The summed E-state index contributed by atoms with van der Waals surface area (Å²) in [5, 5.41) is 8.98. The highest BCUT2D eigenvalue weighted by Gasteiger charge is 2.47. The summed E-state index contributed by atoms with van der Waals surface area (Å²) < 4.78 is 19.7. The Kier molecular flexibility index (Phi) is 3.86. The Bertz CT molecular complexity index is 901. The van der Waals surface area contributed by atoms with Crippen molar-refractivity contribution >= 4 is 11.9 Å². The van der Waals surface area contributed by atoms with E-state index >= 15 is 0 Å². The Morgan fingerprint density at radius 1 is 1.23 bits per heavy atom. The molecule has 2 aliphatic rings. The van der Waals surface area contributed by atoms with Crippen LogP contribution in [0.3, 0.4) is 0 Å². The minimum Gasteiger partial charge on any atom is -0.493 e. The summed E-state index contributed by atoms with van der Waals surface area (Å²) in [7, 11) is 0. The van der Waals surface area contributed by atoms with Crippen molar-refractivity contribution in [2.24, 2.45) is 0 Å². The van der Waals surface area contributed by atoms with Gasteiger partial charge in [-0.15, -0.1) is 0 Å². The number of carboxylic acids is 1. The van der Waals surface area contributed by atoms with E-state index in [-0.39, 0.29) is 13.0 Å². The normalized spacial score (nSPS) is 21.3. The highest BCUT2D eigenvalue weighted by Crippen LogP contribution is 2.31. The van der Waals surface area contributed by atoms with Crippen LogP contribution in [0.2, 0.25) is 0 Å². The number of fused-ring (bicyclic) bond motifs is 1. The van der Waals surface area contributed by atoms with E-state index in [1.54, 1.807) is 12.3 Å². The number of ether oxygens (including phenoxy) is 1. The quantitative estimate of drug-likeness (QED) is 0.913. The van der Waals surface area contributed by atoms with Crippen LogP contribution in [-0.4, -0.2) is 52.2 Å². The Morgan fingerprint density at radius 3 is 2.85 bits per heavy atom. The van der Waals surface area contributed by atoms with Crippen LogP contribution in [0.25, 0.3) is 11.1 Å². The Morgan fingerprint density at radius 2 is 2.08 bits per heavy atom. The molecule has 26 heavy (non-hydrogen) atoms. The summed E-state index contributed by atoms with van der Waals surface area (Å²) in [6.07, 6.45) is 3.72. The third kappa shape index (κ3) is 2.79. The van der Waals surface area contributed by atoms with Crippen LogP contribution in [0.4, 0.5) is 4.39 Å². The maximum Gasteiger partial charge on any atom is 0.343 e. The molecule has 0 bridgehead atoms. The van der Waals surface area contributed by atoms with E-state index in [1.807, 2.05) is 18.2 Å². The second-order valence-electron chi connectivity index (χ2n) is 6.63. The average molecular weight is 356 g/mol. The molecule has 1 atom stereocenters. The van der Waals surface area contributed by atoms with Gasteiger partial charge in [0.2, 0.25) is 5.67 Å². The Hall–Kier alpha value is -2.96. The zero-order valence-electron chi connectivity index (χ0n) is 13.9. The fourth-order valence-corrected chi connectivity index (χ4v) is 3.38. The number of alkyl halides is 1. The number of aromatic nitrogens is 1. The molecule has 7 heteroatoms. The summed E-state index contributed by atoms with van der Waals surface area (Å²) in [6.45, 7) is 0.294. The molecule has 1 unspecified atom stereocenters. The first kappa shape index (κ1) is 16.5. The highest BCUT2D eigenvalue weighted by atomic mass is 19.1. The first-order chi connectivity index (χ1) is 12.5. The third-order valence-electron chi connectivity index (χ3n) is 4.90. The second kappa shape index (κ2) is 6.09. The predicted octanol–water partition coefficient (Wildman–Crippen LogP) is 2.32. The van der Waals surface area contributed by atoms with Crippen LogP contribution < -0.4 is 4.74 Å². The van der Waals surface area contributed by atoms with Gasteiger partial charge in [0.05, 0.1) is 18.7 Å². The van der Waals surface area contributed by atoms with Gasteiger partial charge in [0, 0.05) is 37.3 Å². The summed E-state index contributed by atoms with van der Waals surface area (Å²) in [5.41, 5.74) is 0.745. The molecule has 134 valence electrons. The zero-order valence-corrected chi connectivity index (χ0v) is 13.9. The van der Waals surface area contributed by atoms with Crippen molar-refractivity contribution in [2.45, 2.75) is 18.5 Å². The van der Waals surface area contributed by atoms with Crippen LogP contribution in [-0.2, 0) is 11.2 Å². The maximum atomic E-state index is 14.2. The van der Waals surface area contributed by atoms with E-state index in [1.165, 1.54) is 11.1 Å². The third-order valence-corrected chi connectivity index (χ3v) is 4.90. The predicted molar refractivity (Wildman–Crippen MR) is 90.9 cm³/mol. The lowest BCUT2D eigenvalue weighted by molar-refractivity contribution is -0.149. The van der Waals surface area contributed by atoms with Crippen LogP contribution in [0.15, 0.2) is 36.7 Å². The number of hydrogen-bond acceptors (Lipinski definition) is 4. The fourth-order valence-electron chi connectivity index (χ4n) is 3.38. The summed E-state index contributed by atoms with van der Waals surface area (Å²) in [5.74, 6) is -1.07. The summed E-state index contributed by atoms with van der Waals surface area (Å²) in [6, 6.07) is 7.52. The van der Waals surface area contributed by atoms with Gasteiger partial charge in [0.15, 0.2) is 0 Å². The Labute approximate surface area is 149 Å². The number of likely N-dealkylation sites (tertiary alicyclic amines) is 1. The number of carboxylic acid groups (broad SMARTS) is 1. The van der Waals surface area contributed by atoms with Crippen LogP contribution >= 0.6 is 0 Å². The van der Waals surface area contributed by atoms with Gasteiger partial charge in [-0.05, 0) is 29.3 Å². The molecular weight excluding hydrogens is 339 g/mol. The number of benzene rings is 1. The number of hydrogen-bond donors (Lipinski definition) is 1. The molecule has 2 aliphatic heterocycles. The van der Waals surface area contributed by atoms with Crippen molar-refractivity contribution in [1.82, 2.24) is 9.88 Å². The van der Waals surface area contributed by atoms with Gasteiger partial charge in [-0.2, -0.15) is 0 Å². The molecule has 0 radical (unpaired) electrons. The highest BCUT2D eigenvalue weighted by molar-refractivity contribution is 5.96. The number of carbonyl (C=O) groups excluding carboxylic acids is 1. The molecule has 0 spiro atoms. The number of pyridine rings is 1. The van der Waals surface area contributed by atoms with Crippen molar-refractivity contribution in [3.8, 4) is 16.9 Å². The summed E-state index contributed by atoms with van der Waals surface area (Å²) >= 11 is 0. The number of amides is 1. The van der Waals surface area contributed by atoms with Gasteiger partial charge >= 0.3 is 5.97 Å². The van der Waals surface area contributed by atoms with E-state index in [4.69, 9.17) is 9.84 Å². The van der Waals surface area contributed by atoms with E-state index in [0.717, 1.165) is 28.9 Å². The van der Waals surface area contributed by atoms with E-state index < -0.39 is 24.1 Å². The lowest BCUT2D eigenvalue weighted by Gasteiger charge is -2.18. The van der Waals surface area contributed by atoms with Crippen LogP contribution in [0, 0.1) is 0 Å². The smallest absolute Gasteiger partial charge is 0.343 e. The molecular formula is C19H17FN2O4. The van der Waals surface area contributed by atoms with Crippen molar-refractivity contribution in [1.29, 1.82) is 0 Å². The number of nitrogens with zero attached hydrogens (tertiary/aromatic N) is 2. The SMILES string of the molecule is O=C(c1cncc(-c2ccc3c(c2)CCO3)c1)N1CCC(F)(C(=O)O)C1. The molecule has 2 aromatic rings. The largest absolute Gasteiger partial charge is 0.493 e. The first-order valence-electron chi connectivity index (χ1n) is 8.39. The molecule has 1 aromatic carbocycles. The van der Waals surface area contributed by atoms with Crippen molar-refractivity contribution < 1.29 is 23.8 Å². The zero-order chi connectivity index (χ0) is 18.3. The molecule has 0 saturated carbocycles. The molecule has 1 amide bonds. The molecule has 1 aromatic heterocycles. The second-order valence-corrected chi connectivity index (χ2v) is 6.63. The topological polar surface area (TPSA) is 79.7 Å². The minimum atomic E-state index is -2.37. The number of rotatable bonds is 3. The van der Waals surface area contributed by atoms with Gasteiger partial charge < -0.3 is 14.7 Å². The van der Waals surface area contributed by atoms with E-state index in [9.17, 15) is 14.0 Å². The minimum absolute atomic E-state index is 0.0715. The molecule has 4 rings (SSSR count). The van der Waals surface area contributed by atoms with Gasteiger partial charge in [-0.1, -0.05) is 6.07 Å². The molecule has 0 aliphatic carbocycles. The van der Waals surface area contributed by atoms with Gasteiger partial charge in [0.25, 0.3) is 5.91 Å². The first-order valence-corrected chi connectivity index (χ1v) is 8.39. The standard InChI is InChI=1S/C19H17FN2O4/c20-19(18(24)25)4-5-22(11-19)17(23)15-8-14(9-21-10-15)12-1-2-16-13(7-12)3-6-26-16/h1-2,7-10H,3-6,11H2,(H,24,25). The van der Waals surface area contributed by atoms with Gasteiger partial charge in [0.1, 0.15) is 5.75 Å². The monoisotopic (exact) mass is 356 g/mol. The number of carbonyl (C=O) groups is 2. The lowest BCUT2D eigenvalue weighted by atomic mass is 10.0. The molecule has 1 fully saturated rings. The lowest BCUT2D eigenvalue weighted by Crippen LogP contribution is -2.38. The van der Waals surface area contributed by atoms with E-state index in [0.29, 0.717) is 12.2 Å². The molecule has 3 heterocycles.